The second kappa shape index (κ2) is 7.25. The highest BCUT2D eigenvalue weighted by molar-refractivity contribution is 7.89. The predicted molar refractivity (Wildman–Crippen MR) is 89.7 cm³/mol. The number of hydrogen-bond donors (Lipinski definition) is 1. The van der Waals surface area contributed by atoms with Gasteiger partial charge in [0.1, 0.15) is 0 Å². The maximum Gasteiger partial charge on any atom is 0.235 e. The summed E-state index contributed by atoms with van der Waals surface area (Å²) in [5, 5.41) is 2.78. The second-order valence-electron chi connectivity index (χ2n) is 6.51. The molecule has 2 aliphatic heterocycles. The van der Waals surface area contributed by atoms with Crippen LogP contribution in [0.3, 0.4) is 0 Å². The minimum absolute atomic E-state index is 0.103. The number of carbonyl (C=O) groups is 1. The number of nitrogens with zero attached hydrogens (tertiary/aromatic N) is 2. The molecule has 0 aliphatic carbocycles. The largest absolute Gasteiger partial charge is 0.371 e. The number of nitrogens with one attached hydrogen (secondary N) is 1. The minimum Gasteiger partial charge on any atom is -0.371 e. The Bertz CT molecular complexity index is 757. The van der Waals surface area contributed by atoms with E-state index >= 15 is 0 Å². The lowest BCUT2D eigenvalue weighted by Crippen LogP contribution is -2.40. The van der Waals surface area contributed by atoms with Crippen molar-refractivity contribution in [1.82, 2.24) is 9.62 Å². The van der Waals surface area contributed by atoms with Gasteiger partial charge in [0.05, 0.1) is 12.3 Å². The number of carbonyl (C=O) groups excluding carboxylic acids is 1. The molecule has 0 bridgehead atoms. The van der Waals surface area contributed by atoms with Crippen molar-refractivity contribution >= 4 is 21.6 Å². The molecule has 1 N–H and O–H groups in total. The summed E-state index contributed by atoms with van der Waals surface area (Å²) in [4.78, 5) is 13.9. The number of sulfonamides is 1. The molecule has 1 atom stereocenters. The molecule has 2 saturated heterocycles. The summed E-state index contributed by atoms with van der Waals surface area (Å²) in [6, 6.07) is 3.82. The van der Waals surface area contributed by atoms with Crippen molar-refractivity contribution in [3.8, 4) is 0 Å². The van der Waals surface area contributed by atoms with E-state index in [2.05, 4.69) is 5.32 Å². The third-order valence-electron chi connectivity index (χ3n) is 4.67. The molecular weight excluding hydrogens is 352 g/mol. The van der Waals surface area contributed by atoms with Crippen LogP contribution in [0.1, 0.15) is 12.8 Å². The van der Waals surface area contributed by atoms with E-state index in [0.717, 1.165) is 12.5 Å². The Labute approximate surface area is 145 Å². The Morgan fingerprint density at radius 2 is 2.04 bits per heavy atom. The van der Waals surface area contributed by atoms with Gasteiger partial charge in [-0.05, 0) is 30.9 Å². The van der Waals surface area contributed by atoms with Crippen LogP contribution in [0.4, 0.5) is 14.5 Å². The Morgan fingerprint density at radius 3 is 2.72 bits per heavy atom. The van der Waals surface area contributed by atoms with Crippen molar-refractivity contribution < 1.29 is 22.0 Å². The van der Waals surface area contributed by atoms with Crippen LogP contribution in [-0.2, 0) is 14.8 Å². The monoisotopic (exact) mass is 373 g/mol. The van der Waals surface area contributed by atoms with E-state index in [1.165, 1.54) is 16.4 Å². The number of hydrogen-bond acceptors (Lipinski definition) is 4. The Balaban J connectivity index is 1.47. The second-order valence-corrected chi connectivity index (χ2v) is 8.59. The number of anilines is 1. The van der Waals surface area contributed by atoms with Gasteiger partial charge in [-0.25, -0.2) is 17.2 Å². The van der Waals surface area contributed by atoms with E-state index in [1.807, 2.05) is 4.90 Å². The number of benzene rings is 1. The summed E-state index contributed by atoms with van der Waals surface area (Å²) in [5.41, 5.74) is 0.621. The molecule has 2 heterocycles. The fourth-order valence-corrected chi connectivity index (χ4v) is 4.73. The van der Waals surface area contributed by atoms with E-state index in [0.29, 0.717) is 38.3 Å². The van der Waals surface area contributed by atoms with Crippen LogP contribution in [0, 0.1) is 17.6 Å². The van der Waals surface area contributed by atoms with Crippen molar-refractivity contribution in [2.24, 2.45) is 5.92 Å². The van der Waals surface area contributed by atoms with Gasteiger partial charge in [-0.2, -0.15) is 4.31 Å². The minimum atomic E-state index is -3.27. The van der Waals surface area contributed by atoms with Crippen LogP contribution >= 0.6 is 0 Å². The van der Waals surface area contributed by atoms with Gasteiger partial charge < -0.3 is 10.2 Å². The van der Waals surface area contributed by atoms with Crippen LogP contribution in [0.5, 0.6) is 0 Å². The van der Waals surface area contributed by atoms with Gasteiger partial charge >= 0.3 is 0 Å². The van der Waals surface area contributed by atoms with E-state index in [1.54, 1.807) is 0 Å². The van der Waals surface area contributed by atoms with E-state index in [4.69, 9.17) is 0 Å². The first-order chi connectivity index (χ1) is 11.8. The third-order valence-corrected chi connectivity index (χ3v) is 6.57. The molecule has 0 aromatic heterocycles. The van der Waals surface area contributed by atoms with E-state index < -0.39 is 21.7 Å². The molecule has 0 saturated carbocycles. The number of halogens is 2. The van der Waals surface area contributed by atoms with Gasteiger partial charge in [-0.3, -0.25) is 4.79 Å². The molecule has 25 heavy (non-hydrogen) atoms. The van der Waals surface area contributed by atoms with Crippen LogP contribution in [0.15, 0.2) is 18.2 Å². The summed E-state index contributed by atoms with van der Waals surface area (Å²) < 4.78 is 50.9. The van der Waals surface area contributed by atoms with E-state index in [9.17, 15) is 22.0 Å². The molecular formula is C16H21F2N3O3S. The third kappa shape index (κ3) is 4.27. The van der Waals surface area contributed by atoms with Crippen molar-refractivity contribution in [1.29, 1.82) is 0 Å². The van der Waals surface area contributed by atoms with Crippen LogP contribution in [0.25, 0.3) is 0 Å². The van der Waals surface area contributed by atoms with Crippen molar-refractivity contribution in [3.63, 3.8) is 0 Å². The lowest BCUT2D eigenvalue weighted by molar-refractivity contribution is -0.121. The summed E-state index contributed by atoms with van der Waals surface area (Å²) >= 11 is 0. The number of rotatable bonds is 5. The highest BCUT2D eigenvalue weighted by atomic mass is 32.2. The molecule has 0 spiro atoms. The molecule has 0 radical (unpaired) electrons. The summed E-state index contributed by atoms with van der Waals surface area (Å²) in [6.07, 6.45) is 1.38. The van der Waals surface area contributed by atoms with Crippen molar-refractivity contribution in [2.45, 2.75) is 12.8 Å². The Hall–Kier alpha value is -1.74. The molecule has 2 aliphatic rings. The first-order valence-electron chi connectivity index (χ1n) is 8.30. The molecule has 6 nitrogen and oxygen atoms in total. The van der Waals surface area contributed by atoms with Gasteiger partial charge in [0.2, 0.25) is 15.9 Å². The maximum absolute atomic E-state index is 13.3. The fourth-order valence-electron chi connectivity index (χ4n) is 3.26. The van der Waals surface area contributed by atoms with Gasteiger partial charge in [0.25, 0.3) is 0 Å². The molecule has 1 aromatic rings. The van der Waals surface area contributed by atoms with Gasteiger partial charge in [-0.15, -0.1) is 0 Å². The quantitative estimate of drug-likeness (QED) is 0.834. The zero-order valence-corrected chi connectivity index (χ0v) is 14.6. The smallest absolute Gasteiger partial charge is 0.235 e. The zero-order chi connectivity index (χ0) is 18.0. The molecule has 1 amide bonds. The van der Waals surface area contributed by atoms with Gasteiger partial charge in [-0.1, -0.05) is 0 Å². The molecule has 3 rings (SSSR count). The normalized spacial score (nSPS) is 23.1. The molecule has 138 valence electrons. The van der Waals surface area contributed by atoms with Gasteiger partial charge in [0.15, 0.2) is 11.6 Å². The average Bonchev–Trinajstić information content (AvgIpc) is 3.15. The molecule has 9 heteroatoms. The summed E-state index contributed by atoms with van der Waals surface area (Å²) in [5.74, 6) is -1.76. The lowest BCUT2D eigenvalue weighted by atomic mass is 10.1. The highest BCUT2D eigenvalue weighted by Gasteiger charge is 2.30. The molecule has 1 aromatic carbocycles. The van der Waals surface area contributed by atoms with Crippen molar-refractivity contribution in [2.75, 3.05) is 43.4 Å². The van der Waals surface area contributed by atoms with Crippen LogP contribution < -0.4 is 10.2 Å². The molecule has 2 fully saturated rings. The summed E-state index contributed by atoms with van der Waals surface area (Å²) in [7, 11) is -3.27. The average molecular weight is 373 g/mol. The SMILES string of the molecule is O=C(CN1CCCS1(=O)=O)NCC1CCN(c2ccc(F)c(F)c2)C1. The zero-order valence-electron chi connectivity index (χ0n) is 13.7. The number of amides is 1. The molecule has 1 unspecified atom stereocenters. The van der Waals surface area contributed by atoms with Gasteiger partial charge in [0, 0.05) is 37.9 Å². The van der Waals surface area contributed by atoms with E-state index in [-0.39, 0.29) is 24.1 Å². The first kappa shape index (κ1) is 18.1. The fraction of sp³-hybridized carbons (Fsp3) is 0.562. The Morgan fingerprint density at radius 1 is 1.24 bits per heavy atom. The van der Waals surface area contributed by atoms with Crippen LogP contribution in [0.2, 0.25) is 0 Å². The van der Waals surface area contributed by atoms with Crippen molar-refractivity contribution in [3.05, 3.63) is 29.8 Å². The highest BCUT2D eigenvalue weighted by Crippen LogP contribution is 2.25. The summed E-state index contributed by atoms with van der Waals surface area (Å²) in [6.45, 7) is 2.03. The maximum atomic E-state index is 13.3. The predicted octanol–water partition coefficient (Wildman–Crippen LogP) is 0.943. The Kier molecular flexibility index (Phi) is 5.24. The topological polar surface area (TPSA) is 69.7 Å². The van der Waals surface area contributed by atoms with Crippen LogP contribution in [-0.4, -0.2) is 57.1 Å². The lowest BCUT2D eigenvalue weighted by Gasteiger charge is -2.19. The first-order valence-corrected chi connectivity index (χ1v) is 9.90. The standard InChI is InChI=1S/C16H21F2N3O3S/c17-14-3-2-13(8-15(14)18)20-6-4-12(10-20)9-19-16(22)11-21-5-1-7-25(21,23)24/h2-3,8,12H,1,4-7,9-11H2,(H,19,22).